The van der Waals surface area contributed by atoms with Crippen molar-refractivity contribution in [3.8, 4) is 0 Å². The number of carboxylic acid groups (broad SMARTS) is 1. The van der Waals surface area contributed by atoms with Crippen LogP contribution < -0.4 is 0 Å². The molecule has 2 unspecified atom stereocenters. The molecule has 0 rings (SSSR count). The lowest BCUT2D eigenvalue weighted by Gasteiger charge is -2.14. The third-order valence-electron chi connectivity index (χ3n) is 9.48. The van der Waals surface area contributed by atoms with Gasteiger partial charge in [0.2, 0.25) is 0 Å². The predicted octanol–water partition coefficient (Wildman–Crippen LogP) is 12.5. The van der Waals surface area contributed by atoms with E-state index in [1.807, 2.05) is 0 Å². The number of aliphatic carboxylic acids is 1. The van der Waals surface area contributed by atoms with Crippen LogP contribution in [0.2, 0.25) is 0 Å². The highest BCUT2D eigenvalue weighted by molar-refractivity contribution is 5.66. The Balaban J connectivity index is 0. The molecule has 0 radical (unpaired) electrons. The van der Waals surface area contributed by atoms with Crippen LogP contribution in [0.5, 0.6) is 0 Å². The summed E-state index contributed by atoms with van der Waals surface area (Å²) in [6, 6.07) is 0. The molecule has 278 valence electrons. The number of hydrogen-bond acceptors (Lipinski definition) is 4. The van der Waals surface area contributed by atoms with Crippen LogP contribution in [0.4, 0.5) is 0 Å². The third kappa shape index (κ3) is 43.4. The topological polar surface area (TPSA) is 98.0 Å². The van der Waals surface area contributed by atoms with Crippen LogP contribution in [0.15, 0.2) is 0 Å². The highest BCUT2D eigenvalue weighted by Crippen LogP contribution is 2.16. The summed E-state index contributed by atoms with van der Waals surface area (Å²) in [6.07, 6.45) is 43.4. The van der Waals surface area contributed by atoms with Gasteiger partial charge in [0.25, 0.3) is 0 Å². The van der Waals surface area contributed by atoms with E-state index in [0.717, 1.165) is 25.7 Å². The van der Waals surface area contributed by atoms with Crippen LogP contribution in [0.25, 0.3) is 0 Å². The monoisotopic (exact) mass is 657 g/mol. The second-order valence-electron chi connectivity index (χ2n) is 14.2. The number of rotatable bonds is 37. The lowest BCUT2D eigenvalue weighted by molar-refractivity contribution is -0.137. The Morgan fingerprint density at radius 1 is 0.391 bits per heavy atom. The number of carboxylic acids is 1. The highest BCUT2D eigenvalue weighted by Gasteiger charge is 2.13. The first-order chi connectivity index (χ1) is 22.5. The Bertz CT molecular complexity index is 555. The summed E-state index contributed by atoms with van der Waals surface area (Å²) in [4.78, 5) is 10.3. The molecule has 0 aromatic heterocycles. The summed E-state index contributed by atoms with van der Waals surface area (Å²) in [5.74, 6) is -0.653. The Morgan fingerprint density at radius 3 is 0.870 bits per heavy atom. The van der Waals surface area contributed by atoms with Gasteiger partial charge in [-0.3, -0.25) is 4.79 Å². The lowest BCUT2D eigenvalue weighted by atomic mass is 10.0. The summed E-state index contributed by atoms with van der Waals surface area (Å²) >= 11 is 0. The van der Waals surface area contributed by atoms with Crippen molar-refractivity contribution in [2.75, 3.05) is 6.61 Å². The van der Waals surface area contributed by atoms with Crippen LogP contribution in [0.3, 0.4) is 0 Å². The van der Waals surface area contributed by atoms with E-state index in [4.69, 9.17) is 10.2 Å². The number of carbonyl (C=O) groups is 1. The van der Waals surface area contributed by atoms with Gasteiger partial charge in [0.05, 0.1) is 12.7 Å². The smallest absolute Gasteiger partial charge is 0.303 e. The van der Waals surface area contributed by atoms with Crippen molar-refractivity contribution in [1.29, 1.82) is 0 Å². The Kier molecular flexibility index (Phi) is 43.7. The van der Waals surface area contributed by atoms with Gasteiger partial charge >= 0.3 is 5.97 Å². The van der Waals surface area contributed by atoms with E-state index in [9.17, 15) is 15.0 Å². The zero-order valence-corrected chi connectivity index (χ0v) is 31.3. The molecule has 0 spiro atoms. The van der Waals surface area contributed by atoms with E-state index in [0.29, 0.717) is 12.8 Å². The van der Waals surface area contributed by atoms with Crippen molar-refractivity contribution < 1.29 is 25.2 Å². The molecule has 0 aromatic rings. The van der Waals surface area contributed by atoms with E-state index in [1.165, 1.54) is 186 Å². The fraction of sp³-hybridized carbons (Fsp3) is 0.976. The second-order valence-corrected chi connectivity index (χ2v) is 14.2. The Morgan fingerprint density at radius 2 is 0.630 bits per heavy atom. The SMILES string of the molecule is CCCCCCCCCCCCCCCCCC(=O)O.CCCCCCCCCCCCCCCCCCCCC(O)C(O)CO. The van der Waals surface area contributed by atoms with Gasteiger partial charge in [0.15, 0.2) is 0 Å². The quantitative estimate of drug-likeness (QED) is 0.0499. The van der Waals surface area contributed by atoms with Crippen LogP contribution in [-0.2, 0) is 4.79 Å². The zero-order chi connectivity index (χ0) is 34.2. The highest BCUT2D eigenvalue weighted by atomic mass is 16.4. The standard InChI is InChI=1S/C23H48O3.C18H36O2/c1-2-3-4-5-6-7-8-9-10-11-12-13-14-15-16-17-18-19-20-22(25)23(26)21-24;1-2-3-4-5-6-7-8-9-10-11-12-13-14-15-16-17-18(19)20/h22-26H,2-21H2,1H3;2-17H2,1H3,(H,19,20). The third-order valence-corrected chi connectivity index (χ3v) is 9.48. The van der Waals surface area contributed by atoms with E-state index in [2.05, 4.69) is 13.8 Å². The molecule has 0 aliphatic rings. The maximum Gasteiger partial charge on any atom is 0.303 e. The summed E-state index contributed by atoms with van der Waals surface area (Å²) in [5.41, 5.74) is 0. The van der Waals surface area contributed by atoms with Gasteiger partial charge in [-0.05, 0) is 12.8 Å². The van der Waals surface area contributed by atoms with Crippen molar-refractivity contribution in [2.45, 2.75) is 251 Å². The average molecular weight is 657 g/mol. The normalized spacial score (nSPS) is 12.5. The minimum absolute atomic E-state index is 0.345. The minimum atomic E-state index is -0.971. The largest absolute Gasteiger partial charge is 0.481 e. The zero-order valence-electron chi connectivity index (χ0n) is 31.3. The first-order valence-electron chi connectivity index (χ1n) is 20.7. The van der Waals surface area contributed by atoms with Gasteiger partial charge in [-0.1, -0.05) is 219 Å². The number of aliphatic hydroxyl groups is 3. The molecule has 0 saturated heterocycles. The summed E-state index contributed by atoms with van der Waals surface area (Å²) in [7, 11) is 0. The molecular formula is C41H84O5. The summed E-state index contributed by atoms with van der Waals surface area (Å²) in [6.45, 7) is 4.20. The average Bonchev–Trinajstić information content (AvgIpc) is 3.05. The molecule has 0 amide bonds. The Labute approximate surface area is 288 Å². The van der Waals surface area contributed by atoms with Gasteiger partial charge in [0.1, 0.15) is 6.10 Å². The van der Waals surface area contributed by atoms with E-state index in [-0.39, 0.29) is 6.61 Å². The van der Waals surface area contributed by atoms with E-state index < -0.39 is 18.2 Å². The fourth-order valence-corrected chi connectivity index (χ4v) is 6.22. The fourth-order valence-electron chi connectivity index (χ4n) is 6.22. The van der Waals surface area contributed by atoms with Crippen molar-refractivity contribution in [3.05, 3.63) is 0 Å². The van der Waals surface area contributed by atoms with Gasteiger partial charge in [-0.15, -0.1) is 0 Å². The molecule has 5 heteroatoms. The number of hydrogen-bond donors (Lipinski definition) is 4. The van der Waals surface area contributed by atoms with Crippen LogP contribution >= 0.6 is 0 Å². The molecular weight excluding hydrogens is 572 g/mol. The van der Waals surface area contributed by atoms with Crippen molar-refractivity contribution >= 4 is 5.97 Å². The van der Waals surface area contributed by atoms with E-state index >= 15 is 0 Å². The van der Waals surface area contributed by atoms with Crippen molar-refractivity contribution in [2.24, 2.45) is 0 Å². The molecule has 2 atom stereocenters. The van der Waals surface area contributed by atoms with Crippen LogP contribution in [-0.4, -0.2) is 45.2 Å². The van der Waals surface area contributed by atoms with Crippen LogP contribution in [0.1, 0.15) is 239 Å². The predicted molar refractivity (Wildman–Crippen MR) is 200 cm³/mol. The van der Waals surface area contributed by atoms with Gasteiger partial charge in [-0.2, -0.15) is 0 Å². The van der Waals surface area contributed by atoms with Crippen LogP contribution in [0, 0.1) is 0 Å². The summed E-state index contributed by atoms with van der Waals surface area (Å²) < 4.78 is 0. The van der Waals surface area contributed by atoms with Gasteiger partial charge in [0, 0.05) is 6.42 Å². The lowest BCUT2D eigenvalue weighted by Crippen LogP contribution is -2.28. The second kappa shape index (κ2) is 42.4. The molecule has 0 aromatic carbocycles. The number of unbranched alkanes of at least 4 members (excludes halogenated alkanes) is 31. The van der Waals surface area contributed by atoms with Crippen molar-refractivity contribution in [3.63, 3.8) is 0 Å². The molecule has 0 fully saturated rings. The van der Waals surface area contributed by atoms with Gasteiger partial charge in [-0.25, -0.2) is 0 Å². The molecule has 0 saturated carbocycles. The molecule has 0 bridgehead atoms. The first kappa shape index (κ1) is 47.5. The van der Waals surface area contributed by atoms with Crippen molar-refractivity contribution in [1.82, 2.24) is 0 Å². The molecule has 0 aliphatic heterocycles. The molecule has 46 heavy (non-hydrogen) atoms. The summed E-state index contributed by atoms with van der Waals surface area (Å²) in [5, 5.41) is 36.1. The molecule has 0 aliphatic carbocycles. The van der Waals surface area contributed by atoms with E-state index in [1.54, 1.807) is 0 Å². The maximum atomic E-state index is 10.3. The minimum Gasteiger partial charge on any atom is -0.481 e. The molecule has 5 nitrogen and oxygen atoms in total. The Hall–Kier alpha value is -0.650. The maximum absolute atomic E-state index is 10.3. The molecule has 4 N–H and O–H groups in total. The first-order valence-corrected chi connectivity index (χ1v) is 20.7. The molecule has 0 heterocycles. The van der Waals surface area contributed by atoms with Gasteiger partial charge < -0.3 is 20.4 Å². The number of aliphatic hydroxyl groups excluding tert-OH is 3.